The Labute approximate surface area is 122 Å². The lowest BCUT2D eigenvalue weighted by molar-refractivity contribution is -0.185. The van der Waals surface area contributed by atoms with Crippen molar-refractivity contribution in [3.05, 3.63) is 11.5 Å². The third-order valence-corrected chi connectivity index (χ3v) is 4.33. The van der Waals surface area contributed by atoms with Crippen LogP contribution in [0.25, 0.3) is 0 Å². The second kappa shape index (κ2) is 5.02. The molecule has 0 atom stereocenters. The quantitative estimate of drug-likeness (QED) is 0.698. The molecule has 1 amide bonds. The van der Waals surface area contributed by atoms with Crippen LogP contribution in [0.3, 0.4) is 0 Å². The molecule has 1 fully saturated rings. The van der Waals surface area contributed by atoms with Crippen LogP contribution in [-0.2, 0) is 14.1 Å². The van der Waals surface area contributed by atoms with Crippen molar-refractivity contribution in [2.24, 2.45) is 0 Å². The van der Waals surface area contributed by atoms with Crippen molar-refractivity contribution in [1.29, 1.82) is 0 Å². The number of hydrogen-bond donors (Lipinski definition) is 0. The van der Waals surface area contributed by atoms with Gasteiger partial charge in [-0.1, -0.05) is 6.08 Å². The Kier molecular flexibility index (Phi) is 3.91. The maximum absolute atomic E-state index is 12.4. The van der Waals surface area contributed by atoms with Gasteiger partial charge in [-0.15, -0.1) is 0 Å². The van der Waals surface area contributed by atoms with Crippen LogP contribution in [0.4, 0.5) is 13.2 Å². The molecule has 0 radical (unpaired) electrons. The largest absolute Gasteiger partial charge is 0.490 e. The topological polar surface area (TPSA) is 38.8 Å². The van der Waals surface area contributed by atoms with Gasteiger partial charge in [-0.25, -0.2) is 0 Å². The van der Waals surface area contributed by atoms with Crippen molar-refractivity contribution in [2.75, 3.05) is 13.1 Å². The summed E-state index contributed by atoms with van der Waals surface area (Å²) in [7, 11) is -0.557. The summed E-state index contributed by atoms with van der Waals surface area (Å²) in [4.78, 5) is 11.9. The van der Waals surface area contributed by atoms with Gasteiger partial charge in [-0.2, -0.15) is 13.2 Å². The van der Waals surface area contributed by atoms with Crippen LogP contribution < -0.4 is 0 Å². The molecule has 4 nitrogen and oxygen atoms in total. The van der Waals surface area contributed by atoms with Crippen molar-refractivity contribution in [2.45, 2.75) is 51.5 Å². The summed E-state index contributed by atoms with van der Waals surface area (Å²) in [6, 6.07) is 0. The van der Waals surface area contributed by atoms with E-state index >= 15 is 0 Å². The molecular weight excluding hydrogens is 286 g/mol. The molecular formula is C13H19BF3NO3. The summed E-state index contributed by atoms with van der Waals surface area (Å²) in [5.41, 5.74) is -0.186. The first-order valence-corrected chi connectivity index (χ1v) is 6.85. The summed E-state index contributed by atoms with van der Waals surface area (Å²) in [5, 5.41) is 0. The van der Waals surface area contributed by atoms with E-state index in [4.69, 9.17) is 9.31 Å². The van der Waals surface area contributed by atoms with Crippen LogP contribution in [0.5, 0.6) is 0 Å². The Bertz CT molecular complexity index is 458. The Morgan fingerprint density at radius 1 is 1.24 bits per heavy atom. The SMILES string of the molecule is CC1(C)OB(C2=CCN(C(=O)C(F)(F)F)CC2)OC1(C)C. The van der Waals surface area contributed by atoms with Crippen LogP contribution >= 0.6 is 0 Å². The summed E-state index contributed by atoms with van der Waals surface area (Å²) in [6.07, 6.45) is -2.91. The first-order valence-electron chi connectivity index (χ1n) is 6.85. The van der Waals surface area contributed by atoms with Gasteiger partial charge in [0.15, 0.2) is 0 Å². The zero-order valence-electron chi connectivity index (χ0n) is 12.6. The fourth-order valence-corrected chi connectivity index (χ4v) is 2.26. The average Bonchev–Trinajstić information content (AvgIpc) is 2.57. The van der Waals surface area contributed by atoms with Crippen molar-refractivity contribution in [3.8, 4) is 0 Å². The van der Waals surface area contributed by atoms with Crippen LogP contribution in [0, 0.1) is 0 Å². The highest BCUT2D eigenvalue weighted by molar-refractivity contribution is 6.54. The lowest BCUT2D eigenvalue weighted by Gasteiger charge is -2.32. The van der Waals surface area contributed by atoms with Gasteiger partial charge >= 0.3 is 19.2 Å². The van der Waals surface area contributed by atoms with E-state index in [-0.39, 0.29) is 13.1 Å². The first kappa shape index (κ1) is 16.4. The number of amides is 1. The predicted octanol–water partition coefficient (Wildman–Crippen LogP) is 2.34. The fraction of sp³-hybridized carbons (Fsp3) is 0.769. The molecule has 0 unspecified atom stereocenters. The molecule has 2 rings (SSSR count). The molecule has 0 aromatic carbocycles. The molecule has 8 heteroatoms. The zero-order valence-corrected chi connectivity index (χ0v) is 12.6. The Hall–Kier alpha value is -1.02. The number of halogens is 3. The summed E-state index contributed by atoms with van der Waals surface area (Å²) in [5.74, 6) is -1.80. The van der Waals surface area contributed by atoms with E-state index in [1.165, 1.54) is 0 Å². The van der Waals surface area contributed by atoms with Gasteiger partial charge in [0, 0.05) is 13.1 Å². The number of carbonyl (C=O) groups is 1. The molecule has 2 aliphatic heterocycles. The van der Waals surface area contributed by atoms with E-state index < -0.39 is 30.4 Å². The predicted molar refractivity (Wildman–Crippen MR) is 71.4 cm³/mol. The van der Waals surface area contributed by atoms with E-state index in [1.807, 2.05) is 27.7 Å². The van der Waals surface area contributed by atoms with E-state index in [1.54, 1.807) is 6.08 Å². The van der Waals surface area contributed by atoms with Gasteiger partial charge in [0.2, 0.25) is 0 Å². The number of alkyl halides is 3. The molecule has 118 valence electrons. The second-order valence-corrected chi connectivity index (χ2v) is 6.37. The monoisotopic (exact) mass is 305 g/mol. The van der Waals surface area contributed by atoms with Gasteiger partial charge in [-0.05, 0) is 39.6 Å². The van der Waals surface area contributed by atoms with Crippen LogP contribution in [0.2, 0.25) is 0 Å². The van der Waals surface area contributed by atoms with E-state index in [0.717, 1.165) is 10.4 Å². The molecule has 0 aromatic heterocycles. The molecule has 0 aromatic rings. The maximum Gasteiger partial charge on any atom is 0.490 e. The van der Waals surface area contributed by atoms with Gasteiger partial charge in [0.05, 0.1) is 11.2 Å². The molecule has 0 spiro atoms. The van der Waals surface area contributed by atoms with Gasteiger partial charge in [0.25, 0.3) is 0 Å². The summed E-state index contributed by atoms with van der Waals surface area (Å²) >= 11 is 0. The molecule has 0 N–H and O–H groups in total. The van der Waals surface area contributed by atoms with Gasteiger partial charge < -0.3 is 14.2 Å². The van der Waals surface area contributed by atoms with Crippen molar-refractivity contribution in [1.82, 2.24) is 4.90 Å². The van der Waals surface area contributed by atoms with E-state index in [2.05, 4.69) is 0 Å². The molecule has 2 aliphatic rings. The first-order chi connectivity index (χ1) is 9.44. The maximum atomic E-state index is 12.4. The third-order valence-electron chi connectivity index (χ3n) is 4.33. The number of nitrogens with zero attached hydrogens (tertiary/aromatic N) is 1. The molecule has 21 heavy (non-hydrogen) atoms. The normalized spacial score (nSPS) is 25.0. The number of carbonyl (C=O) groups excluding carboxylic acids is 1. The summed E-state index contributed by atoms with van der Waals surface area (Å²) in [6.45, 7) is 7.60. The molecule has 1 saturated heterocycles. The standard InChI is InChI=1S/C13H19BF3NO3/c1-11(2)12(3,4)21-14(20-11)9-5-7-18(8-6-9)10(19)13(15,16)17/h5H,6-8H2,1-4H3. The van der Waals surface area contributed by atoms with Crippen LogP contribution in [0.1, 0.15) is 34.1 Å². The lowest BCUT2D eigenvalue weighted by Crippen LogP contribution is -2.44. The van der Waals surface area contributed by atoms with E-state index in [9.17, 15) is 18.0 Å². The average molecular weight is 305 g/mol. The highest BCUT2D eigenvalue weighted by Crippen LogP contribution is 2.39. The molecule has 0 bridgehead atoms. The lowest BCUT2D eigenvalue weighted by atomic mass is 9.75. The highest BCUT2D eigenvalue weighted by Gasteiger charge is 2.52. The van der Waals surface area contributed by atoms with Crippen molar-refractivity contribution < 1.29 is 27.3 Å². The Morgan fingerprint density at radius 3 is 2.14 bits per heavy atom. The minimum atomic E-state index is -4.82. The fourth-order valence-electron chi connectivity index (χ4n) is 2.26. The zero-order chi connectivity index (χ0) is 16.1. The molecule has 0 aliphatic carbocycles. The van der Waals surface area contributed by atoms with Crippen LogP contribution in [0.15, 0.2) is 11.5 Å². The summed E-state index contributed by atoms with van der Waals surface area (Å²) < 4.78 is 48.8. The highest BCUT2D eigenvalue weighted by atomic mass is 19.4. The smallest absolute Gasteiger partial charge is 0.400 e. The van der Waals surface area contributed by atoms with Crippen molar-refractivity contribution >= 4 is 13.0 Å². The Morgan fingerprint density at radius 2 is 1.76 bits per heavy atom. The van der Waals surface area contributed by atoms with Gasteiger partial charge in [0.1, 0.15) is 0 Å². The van der Waals surface area contributed by atoms with Gasteiger partial charge in [-0.3, -0.25) is 4.79 Å². The van der Waals surface area contributed by atoms with Crippen molar-refractivity contribution in [3.63, 3.8) is 0 Å². The molecule has 2 heterocycles. The van der Waals surface area contributed by atoms with Crippen LogP contribution in [-0.4, -0.2) is 48.4 Å². The minimum Gasteiger partial charge on any atom is -0.400 e. The number of rotatable bonds is 1. The molecule has 0 saturated carbocycles. The Balaban J connectivity index is 2.04. The number of hydrogen-bond acceptors (Lipinski definition) is 3. The second-order valence-electron chi connectivity index (χ2n) is 6.37. The third kappa shape index (κ3) is 3.11. The minimum absolute atomic E-state index is 0.0221. The van der Waals surface area contributed by atoms with E-state index in [0.29, 0.717) is 6.42 Å².